The maximum Gasteiger partial charge on any atom is 0.338 e. The van der Waals surface area contributed by atoms with Crippen LogP contribution in [0.25, 0.3) is 21.8 Å². The molecule has 0 amide bonds. The zero-order chi connectivity index (χ0) is 38.3. The van der Waals surface area contributed by atoms with E-state index in [1.807, 2.05) is 42.5 Å². The van der Waals surface area contributed by atoms with Gasteiger partial charge < -0.3 is 19.0 Å². The van der Waals surface area contributed by atoms with Crippen LogP contribution >= 0.6 is 23.2 Å². The van der Waals surface area contributed by atoms with Crippen molar-refractivity contribution in [2.45, 2.75) is 25.9 Å². The summed E-state index contributed by atoms with van der Waals surface area (Å²) in [6.45, 7) is 1.62. The number of benzene rings is 6. The van der Waals surface area contributed by atoms with Crippen LogP contribution in [0.1, 0.15) is 54.1 Å². The molecular formula is C47H38Cl2N2O4. The van der Waals surface area contributed by atoms with E-state index in [1.165, 1.54) is 35.2 Å². The molecule has 0 unspecified atom stereocenters. The number of hydrogen-bond donors (Lipinski definition) is 1. The molecule has 8 heteroatoms. The van der Waals surface area contributed by atoms with Crippen molar-refractivity contribution in [3.8, 4) is 0 Å². The third-order valence-electron chi connectivity index (χ3n) is 9.74. The molecule has 0 aliphatic rings. The lowest BCUT2D eigenvalue weighted by atomic mass is 9.97. The molecule has 0 saturated heterocycles. The molecule has 8 rings (SSSR count). The lowest BCUT2D eigenvalue weighted by Gasteiger charge is -2.11. The van der Waals surface area contributed by atoms with E-state index >= 15 is 0 Å². The first-order valence-corrected chi connectivity index (χ1v) is 18.6. The summed E-state index contributed by atoms with van der Waals surface area (Å²) in [6.07, 6.45) is 5.38. The number of ether oxygens (including phenoxy) is 1. The van der Waals surface area contributed by atoms with E-state index in [9.17, 15) is 14.7 Å². The molecule has 1 N–H and O–H groups in total. The molecule has 55 heavy (non-hydrogen) atoms. The Morgan fingerprint density at radius 3 is 1.45 bits per heavy atom. The molecule has 0 aliphatic carbocycles. The highest BCUT2D eigenvalue weighted by atomic mass is 35.5. The van der Waals surface area contributed by atoms with E-state index < -0.39 is 5.97 Å². The number of halogens is 2. The van der Waals surface area contributed by atoms with E-state index in [1.54, 1.807) is 18.2 Å². The largest absolute Gasteiger partial charge is 0.478 e. The van der Waals surface area contributed by atoms with E-state index in [4.69, 9.17) is 27.9 Å². The maximum absolute atomic E-state index is 12.2. The normalized spacial score (nSPS) is 11.0. The molecule has 2 aromatic heterocycles. The van der Waals surface area contributed by atoms with E-state index in [0.717, 1.165) is 46.2 Å². The van der Waals surface area contributed by atoms with Gasteiger partial charge in [0.15, 0.2) is 0 Å². The number of esters is 1. The minimum absolute atomic E-state index is 0.253. The average molecular weight is 766 g/mol. The summed E-state index contributed by atoms with van der Waals surface area (Å²) in [5.41, 5.74) is 9.51. The Morgan fingerprint density at radius 1 is 0.545 bits per heavy atom. The fourth-order valence-electron chi connectivity index (χ4n) is 7.03. The molecule has 6 aromatic carbocycles. The third kappa shape index (κ3) is 8.68. The van der Waals surface area contributed by atoms with Crippen LogP contribution in [-0.2, 0) is 30.7 Å². The van der Waals surface area contributed by atoms with Gasteiger partial charge in [-0.3, -0.25) is 0 Å². The Labute approximate surface area is 329 Å². The van der Waals surface area contributed by atoms with Crippen molar-refractivity contribution in [1.82, 2.24) is 9.13 Å². The second-order valence-corrected chi connectivity index (χ2v) is 14.2. The highest BCUT2D eigenvalue weighted by molar-refractivity contribution is 6.31. The van der Waals surface area contributed by atoms with Crippen LogP contribution in [0.5, 0.6) is 0 Å². The Hall–Kier alpha value is -6.08. The van der Waals surface area contributed by atoms with Crippen molar-refractivity contribution in [3.63, 3.8) is 0 Å². The summed E-state index contributed by atoms with van der Waals surface area (Å²) in [4.78, 5) is 23.7. The first kappa shape index (κ1) is 37.2. The molecule has 8 aromatic rings. The predicted molar refractivity (Wildman–Crippen MR) is 222 cm³/mol. The number of carbonyl (C=O) groups excluding carboxylic acids is 1. The highest BCUT2D eigenvalue weighted by Crippen LogP contribution is 2.28. The van der Waals surface area contributed by atoms with Gasteiger partial charge in [-0.1, -0.05) is 120 Å². The van der Waals surface area contributed by atoms with E-state index in [0.29, 0.717) is 28.5 Å². The smallest absolute Gasteiger partial charge is 0.338 e. The van der Waals surface area contributed by atoms with Crippen LogP contribution in [0.2, 0.25) is 10.0 Å². The van der Waals surface area contributed by atoms with Crippen LogP contribution in [0.4, 0.5) is 0 Å². The van der Waals surface area contributed by atoms with Gasteiger partial charge in [-0.2, -0.15) is 0 Å². The minimum atomic E-state index is -0.957. The predicted octanol–water partition coefficient (Wildman–Crippen LogP) is 11.4. The Balaban J connectivity index is 0.000000169. The first-order valence-electron chi connectivity index (χ1n) is 17.9. The van der Waals surface area contributed by atoms with Gasteiger partial charge in [0.2, 0.25) is 0 Å². The van der Waals surface area contributed by atoms with Gasteiger partial charge >= 0.3 is 11.9 Å². The van der Waals surface area contributed by atoms with Gasteiger partial charge in [-0.25, -0.2) is 9.59 Å². The summed E-state index contributed by atoms with van der Waals surface area (Å²) in [6, 6.07) is 47.9. The highest BCUT2D eigenvalue weighted by Gasteiger charge is 2.16. The Bertz CT molecular complexity index is 2610. The number of carboxylic acid groups (broad SMARTS) is 1. The number of carboxylic acids is 1. The third-order valence-corrected chi connectivity index (χ3v) is 10.2. The lowest BCUT2D eigenvalue weighted by molar-refractivity contribution is 0.0598. The number of aromatic carboxylic acids is 1. The molecule has 2 heterocycles. The number of nitrogens with zero attached hydrogens (tertiary/aromatic N) is 2. The van der Waals surface area contributed by atoms with Gasteiger partial charge in [0, 0.05) is 57.3 Å². The van der Waals surface area contributed by atoms with Crippen molar-refractivity contribution in [2.24, 2.45) is 0 Å². The molecule has 0 radical (unpaired) electrons. The van der Waals surface area contributed by atoms with Crippen molar-refractivity contribution in [3.05, 3.63) is 213 Å². The minimum Gasteiger partial charge on any atom is -0.478 e. The molecular weight excluding hydrogens is 727 g/mol. The van der Waals surface area contributed by atoms with Crippen LogP contribution in [-0.4, -0.2) is 33.3 Å². The molecule has 0 atom stereocenters. The molecule has 6 nitrogen and oxygen atoms in total. The SMILES string of the molecule is COC(=O)c1cc(Cl)ccc1Cc1cccc2c1ccn2Cc1ccccc1.O=C(O)c1cc(Cl)ccc1Cc1cccc2c1ccn2Cc1ccccc1. The van der Waals surface area contributed by atoms with E-state index in [-0.39, 0.29) is 11.5 Å². The monoisotopic (exact) mass is 764 g/mol. The fourth-order valence-corrected chi connectivity index (χ4v) is 7.38. The van der Waals surface area contributed by atoms with Gasteiger partial charge in [0.25, 0.3) is 0 Å². The standard InChI is InChI=1S/C24H20ClNO2.C23H18ClNO2/c1-28-24(27)22-15-20(25)11-10-19(22)14-18-8-5-9-23-21(18)12-13-26(23)16-17-6-3-2-4-7-17;24-19-10-9-18(21(14-19)23(26)27)13-17-7-4-8-22-20(17)11-12-25(22)15-16-5-2-1-3-6-16/h2-13,15H,14,16H2,1H3;1-12,14H,13,15H2,(H,26,27). The molecule has 0 fully saturated rings. The Kier molecular flexibility index (Phi) is 11.5. The summed E-state index contributed by atoms with van der Waals surface area (Å²) in [7, 11) is 1.39. The summed E-state index contributed by atoms with van der Waals surface area (Å²) in [5, 5.41) is 12.8. The molecule has 0 aliphatic heterocycles. The zero-order valence-electron chi connectivity index (χ0n) is 30.2. The van der Waals surface area contributed by atoms with Crippen molar-refractivity contribution < 1.29 is 19.4 Å². The first-order chi connectivity index (χ1) is 26.8. The van der Waals surface area contributed by atoms with E-state index in [2.05, 4.69) is 100 Å². The van der Waals surface area contributed by atoms with Crippen molar-refractivity contribution >= 4 is 56.9 Å². The van der Waals surface area contributed by atoms with Crippen LogP contribution in [0, 0.1) is 0 Å². The van der Waals surface area contributed by atoms with Crippen molar-refractivity contribution in [1.29, 1.82) is 0 Å². The lowest BCUT2D eigenvalue weighted by Crippen LogP contribution is -2.06. The van der Waals surface area contributed by atoms with Gasteiger partial charge in [0.05, 0.1) is 18.2 Å². The average Bonchev–Trinajstić information content (AvgIpc) is 3.81. The van der Waals surface area contributed by atoms with Gasteiger partial charge in [-0.15, -0.1) is 0 Å². The number of carbonyl (C=O) groups is 2. The Morgan fingerprint density at radius 2 is 1.00 bits per heavy atom. The second kappa shape index (κ2) is 16.9. The number of hydrogen-bond acceptors (Lipinski definition) is 3. The number of rotatable bonds is 10. The quantitative estimate of drug-likeness (QED) is 0.141. The van der Waals surface area contributed by atoms with Crippen molar-refractivity contribution in [2.75, 3.05) is 7.11 Å². The molecule has 274 valence electrons. The van der Waals surface area contributed by atoms with Gasteiger partial charge in [0.1, 0.15) is 0 Å². The fraction of sp³-hybridized carbons (Fsp3) is 0.106. The zero-order valence-corrected chi connectivity index (χ0v) is 31.7. The molecule has 0 saturated carbocycles. The summed E-state index contributed by atoms with van der Waals surface area (Å²) >= 11 is 12.1. The number of methoxy groups -OCH3 is 1. The number of fused-ring (bicyclic) bond motifs is 2. The van der Waals surface area contributed by atoms with Crippen LogP contribution in [0.3, 0.4) is 0 Å². The second-order valence-electron chi connectivity index (χ2n) is 13.3. The topological polar surface area (TPSA) is 73.5 Å². The number of aromatic nitrogens is 2. The molecule has 0 spiro atoms. The maximum atomic E-state index is 12.2. The molecule has 0 bridgehead atoms. The summed E-state index contributed by atoms with van der Waals surface area (Å²) in [5.74, 6) is -1.33. The summed E-state index contributed by atoms with van der Waals surface area (Å²) < 4.78 is 9.39. The van der Waals surface area contributed by atoms with Crippen LogP contribution < -0.4 is 0 Å². The van der Waals surface area contributed by atoms with Crippen LogP contribution in [0.15, 0.2) is 158 Å². The van der Waals surface area contributed by atoms with Gasteiger partial charge in [-0.05, 0) is 94.8 Å².